The van der Waals surface area contributed by atoms with Gasteiger partial charge in [0.2, 0.25) is 17.7 Å². The van der Waals surface area contributed by atoms with Gasteiger partial charge in [-0.15, -0.1) is 0 Å². The maximum absolute atomic E-state index is 13.2. The number of carboxylic acid groups (broad SMARTS) is 2. The molecule has 0 saturated heterocycles. The van der Waals surface area contributed by atoms with E-state index in [0.29, 0.717) is 11.4 Å². The van der Waals surface area contributed by atoms with Gasteiger partial charge in [0.05, 0.1) is 22.9 Å². The van der Waals surface area contributed by atoms with Crippen molar-refractivity contribution in [1.82, 2.24) is 29.7 Å². The Morgan fingerprint density at radius 2 is 1.26 bits per heavy atom. The fraction of sp³-hybridized carbons (Fsp3) is 0.382. The van der Waals surface area contributed by atoms with Crippen molar-refractivity contribution in [2.45, 2.75) is 36.2 Å². The number of anilines is 3. The van der Waals surface area contributed by atoms with Crippen LogP contribution in [0.5, 0.6) is 0 Å². The smallest absolute Gasteiger partial charge is 0.322 e. The van der Waals surface area contributed by atoms with E-state index in [1.807, 2.05) is 0 Å². The zero-order valence-corrected chi connectivity index (χ0v) is 34.0. The Kier molecular flexibility index (Phi) is 17.1. The van der Waals surface area contributed by atoms with Crippen molar-refractivity contribution >= 4 is 98.0 Å². The molecule has 13 N–H and O–H groups in total. The number of hydrogen-bond acceptors (Lipinski definition) is 11. The van der Waals surface area contributed by atoms with Crippen LogP contribution >= 0.6 is 27.7 Å². The van der Waals surface area contributed by atoms with E-state index in [-0.39, 0.29) is 65.9 Å². The van der Waals surface area contributed by atoms with Gasteiger partial charge in [-0.3, -0.25) is 43.8 Å². The third-order valence-corrected chi connectivity index (χ3v) is 10.4. The van der Waals surface area contributed by atoms with Crippen molar-refractivity contribution in [3.8, 4) is 0 Å². The number of rotatable bonds is 22. The van der Waals surface area contributed by atoms with Gasteiger partial charge >= 0.3 is 11.9 Å². The van der Waals surface area contributed by atoms with E-state index >= 15 is 0 Å². The molecular formula is C34H45BrN12O10S. The van der Waals surface area contributed by atoms with E-state index in [0.717, 1.165) is 11.8 Å². The van der Waals surface area contributed by atoms with Crippen LogP contribution in [0.15, 0.2) is 36.8 Å². The van der Waals surface area contributed by atoms with Crippen LogP contribution in [0.2, 0.25) is 0 Å². The van der Waals surface area contributed by atoms with Crippen LogP contribution in [0.1, 0.15) is 50.7 Å². The number of hydrogen-bond donors (Lipinski definition) is 11. The van der Waals surface area contributed by atoms with E-state index in [4.69, 9.17) is 27.1 Å². The van der Waals surface area contributed by atoms with Gasteiger partial charge in [-0.05, 0) is 24.6 Å². The summed E-state index contributed by atoms with van der Waals surface area (Å²) in [6, 6.07) is 1.91. The highest BCUT2D eigenvalue weighted by molar-refractivity contribution is 9.10. The Morgan fingerprint density at radius 3 is 1.74 bits per heavy atom. The Labute approximate surface area is 343 Å². The van der Waals surface area contributed by atoms with Crippen LogP contribution < -0.4 is 43.4 Å². The molecule has 6 amide bonds. The van der Waals surface area contributed by atoms with Gasteiger partial charge in [0.25, 0.3) is 17.7 Å². The molecule has 3 heterocycles. The average Bonchev–Trinajstić information content (AvgIpc) is 3.83. The minimum atomic E-state index is -1.31. The number of aliphatic carboxylic acids is 2. The molecule has 0 aromatic carbocycles. The Morgan fingerprint density at radius 1 is 0.759 bits per heavy atom. The molecule has 0 aliphatic rings. The molecule has 3 unspecified atom stereocenters. The Hall–Kier alpha value is -6.14. The lowest BCUT2D eigenvalue weighted by molar-refractivity contribution is -0.139. The summed E-state index contributed by atoms with van der Waals surface area (Å²) in [5.74, 6) is -6.06. The van der Waals surface area contributed by atoms with Gasteiger partial charge in [0, 0.05) is 70.6 Å². The number of carboxylic acids is 2. The second-order valence-electron chi connectivity index (χ2n) is 12.8. The van der Waals surface area contributed by atoms with E-state index in [2.05, 4.69) is 47.8 Å². The van der Waals surface area contributed by atoms with Crippen LogP contribution in [0.4, 0.5) is 17.1 Å². The third kappa shape index (κ3) is 14.1. The van der Waals surface area contributed by atoms with Gasteiger partial charge in [-0.25, -0.2) is 0 Å². The van der Waals surface area contributed by atoms with E-state index in [1.165, 1.54) is 44.3 Å². The highest BCUT2D eigenvalue weighted by Crippen LogP contribution is 2.21. The molecule has 0 aliphatic heterocycles. The molecule has 0 fully saturated rings. The fourth-order valence-corrected chi connectivity index (χ4v) is 6.74. The fourth-order valence-electron chi connectivity index (χ4n) is 5.10. The lowest BCUT2D eigenvalue weighted by Gasteiger charge is -2.19. The van der Waals surface area contributed by atoms with Crippen LogP contribution in [0, 0.1) is 5.41 Å². The van der Waals surface area contributed by atoms with Crippen molar-refractivity contribution in [1.29, 1.82) is 5.41 Å². The summed E-state index contributed by atoms with van der Waals surface area (Å²) in [6.45, 7) is -0.517. The number of thioether (sulfide) groups is 1. The molecule has 3 atom stereocenters. The van der Waals surface area contributed by atoms with Gasteiger partial charge in [-0.1, -0.05) is 15.9 Å². The normalized spacial score (nSPS) is 12.4. The van der Waals surface area contributed by atoms with Crippen LogP contribution in [-0.2, 0) is 45.1 Å². The first kappa shape index (κ1) is 46.2. The van der Waals surface area contributed by atoms with Crippen molar-refractivity contribution in [2.24, 2.45) is 32.6 Å². The first-order chi connectivity index (χ1) is 27.2. The summed E-state index contributed by atoms with van der Waals surface area (Å²) in [7, 11) is 4.84. The van der Waals surface area contributed by atoms with Crippen LogP contribution in [0.25, 0.3) is 0 Å². The van der Waals surface area contributed by atoms with Gasteiger partial charge in [0.1, 0.15) is 40.5 Å². The summed E-state index contributed by atoms with van der Waals surface area (Å²) >= 11 is 4.38. The molecule has 24 heteroatoms. The largest absolute Gasteiger partial charge is 0.480 e. The quantitative estimate of drug-likeness (QED) is 0.0347. The number of carbonyl (C=O) groups is 8. The monoisotopic (exact) mass is 892 g/mol. The predicted molar refractivity (Wildman–Crippen MR) is 217 cm³/mol. The lowest BCUT2D eigenvalue weighted by Crippen LogP contribution is -2.49. The molecular weight excluding hydrogens is 848 g/mol. The van der Waals surface area contributed by atoms with Gasteiger partial charge < -0.3 is 67.3 Å². The maximum Gasteiger partial charge on any atom is 0.322 e. The SMILES string of the molecule is Cn1cc(NC(=O)c2cc(NC(=O)c3cc(NC(=O)C(Br)CSCC(NC(=O)CCC(N)C(=O)O)C(=O)NCC(=O)O)cn3C)cn2C)cc1C(=O)NCCC(=N)N. The van der Waals surface area contributed by atoms with Crippen molar-refractivity contribution < 1.29 is 48.6 Å². The molecule has 314 valence electrons. The van der Waals surface area contributed by atoms with E-state index in [1.54, 1.807) is 27.3 Å². The summed E-state index contributed by atoms with van der Waals surface area (Å²) < 4.78 is 4.52. The first-order valence-electron chi connectivity index (χ1n) is 17.3. The first-order valence-corrected chi connectivity index (χ1v) is 19.4. The second kappa shape index (κ2) is 21.4. The topological polar surface area (TPSA) is 340 Å². The molecule has 3 rings (SSSR count). The molecule has 58 heavy (non-hydrogen) atoms. The predicted octanol–water partition coefficient (Wildman–Crippen LogP) is -0.425. The number of amidine groups is 1. The highest BCUT2D eigenvalue weighted by atomic mass is 79.9. The standard InChI is InChI=1S/C34H45BrN12O10S/c1-45-13-18(8-23(45)31(53)39-7-6-26(37)38)42-33(55)25-10-19(14-47(25)3)43-32(54)24-9-17(12-46(24)2)41-29(51)20(35)15-58-16-22(30(52)40-11-28(49)50)44-27(48)5-4-21(36)34(56)57/h8-10,12-14,20-22H,4-7,11,15-16,36H2,1-3H3,(H3,37,38)(H,39,53)(H,40,52)(H,41,51)(H,42,55)(H,43,54)(H,44,48)(H,49,50)(H,56,57). The Bertz CT molecular complexity index is 2060. The molecule has 3 aromatic rings. The van der Waals surface area contributed by atoms with Crippen LogP contribution in [-0.4, -0.2) is 119 Å². The number of nitrogens with one attached hydrogen (secondary N) is 7. The number of carbonyl (C=O) groups excluding carboxylic acids is 6. The van der Waals surface area contributed by atoms with Crippen molar-refractivity contribution in [3.05, 3.63) is 53.9 Å². The minimum absolute atomic E-state index is 0.0596. The number of alkyl halides is 1. The number of aromatic nitrogens is 3. The highest BCUT2D eigenvalue weighted by Gasteiger charge is 2.25. The zero-order chi connectivity index (χ0) is 43.3. The van der Waals surface area contributed by atoms with Gasteiger partial charge in [-0.2, -0.15) is 11.8 Å². The average molecular weight is 894 g/mol. The molecule has 3 aromatic heterocycles. The molecule has 22 nitrogen and oxygen atoms in total. The number of aryl methyl sites for hydroxylation is 3. The maximum atomic E-state index is 13.2. The number of halogens is 1. The number of amides is 6. The number of nitrogens with zero attached hydrogens (tertiary/aromatic N) is 3. The minimum Gasteiger partial charge on any atom is -0.480 e. The number of nitrogens with two attached hydrogens (primary N) is 2. The molecule has 0 bridgehead atoms. The molecule has 0 saturated carbocycles. The van der Waals surface area contributed by atoms with Gasteiger partial charge in [0.15, 0.2) is 0 Å². The van der Waals surface area contributed by atoms with Crippen molar-refractivity contribution in [2.75, 3.05) is 40.5 Å². The third-order valence-electron chi connectivity index (χ3n) is 8.07. The summed E-state index contributed by atoms with van der Waals surface area (Å²) in [6.07, 6.45) is 4.31. The molecule has 0 radical (unpaired) electrons. The van der Waals surface area contributed by atoms with E-state index < -0.39 is 70.8 Å². The van der Waals surface area contributed by atoms with Crippen LogP contribution in [0.3, 0.4) is 0 Å². The molecule has 0 spiro atoms. The van der Waals surface area contributed by atoms with E-state index in [9.17, 15) is 38.4 Å². The summed E-state index contributed by atoms with van der Waals surface area (Å²) in [5, 5.41) is 40.5. The Balaban J connectivity index is 1.56. The summed E-state index contributed by atoms with van der Waals surface area (Å²) in [4.78, 5) is 97.9. The molecule has 0 aliphatic carbocycles. The summed E-state index contributed by atoms with van der Waals surface area (Å²) in [5.41, 5.74) is 12.3. The second-order valence-corrected chi connectivity index (χ2v) is 15.0. The lowest BCUT2D eigenvalue weighted by atomic mass is 10.1. The zero-order valence-electron chi connectivity index (χ0n) is 31.6. The van der Waals surface area contributed by atoms with Crippen molar-refractivity contribution in [3.63, 3.8) is 0 Å².